The minimum atomic E-state index is -0.137. The molecule has 82 valence electrons. The van der Waals surface area contributed by atoms with Crippen LogP contribution in [-0.2, 0) is 0 Å². The quantitative estimate of drug-likeness (QED) is 0.826. The van der Waals surface area contributed by atoms with Gasteiger partial charge in [-0.3, -0.25) is 4.79 Å². The summed E-state index contributed by atoms with van der Waals surface area (Å²) in [6.07, 6.45) is 1.41. The van der Waals surface area contributed by atoms with Crippen molar-refractivity contribution in [2.45, 2.75) is 0 Å². The largest absolute Gasteiger partial charge is 0.378 e. The van der Waals surface area contributed by atoms with Gasteiger partial charge in [0.2, 0.25) is 0 Å². The van der Waals surface area contributed by atoms with Crippen LogP contribution in [0.1, 0.15) is 0 Å². The minimum absolute atomic E-state index is 0.137. The number of nitrogens with one attached hydrogen (secondary N) is 1. The number of anilines is 1. The van der Waals surface area contributed by atoms with Gasteiger partial charge in [-0.2, -0.15) is 0 Å². The van der Waals surface area contributed by atoms with Crippen molar-refractivity contribution >= 4 is 5.69 Å². The molecule has 0 atom stereocenters. The number of hydrogen-bond donors (Lipinski definition) is 1. The number of benzene rings is 1. The van der Waals surface area contributed by atoms with Crippen molar-refractivity contribution in [1.29, 1.82) is 0 Å². The van der Waals surface area contributed by atoms with Crippen LogP contribution >= 0.6 is 0 Å². The second-order valence-electron chi connectivity index (χ2n) is 3.74. The summed E-state index contributed by atoms with van der Waals surface area (Å²) in [6.45, 7) is 0. The Kier molecular flexibility index (Phi) is 2.72. The molecule has 0 spiro atoms. The van der Waals surface area contributed by atoms with Crippen LogP contribution in [0.4, 0.5) is 5.69 Å². The van der Waals surface area contributed by atoms with E-state index in [1.165, 1.54) is 12.4 Å². The molecule has 0 fully saturated rings. The molecule has 0 saturated heterocycles. The van der Waals surface area contributed by atoms with Gasteiger partial charge < -0.3 is 9.88 Å². The van der Waals surface area contributed by atoms with Crippen LogP contribution in [0.3, 0.4) is 0 Å². The monoisotopic (exact) mass is 215 g/mol. The molecule has 2 aromatic rings. The normalized spacial score (nSPS) is 10.1. The summed E-state index contributed by atoms with van der Waals surface area (Å²) in [5, 5.41) is 0. The van der Waals surface area contributed by atoms with Crippen molar-refractivity contribution in [3.8, 4) is 11.3 Å². The molecule has 0 aliphatic heterocycles. The molecule has 0 radical (unpaired) electrons. The van der Waals surface area contributed by atoms with Crippen LogP contribution in [0.15, 0.2) is 41.5 Å². The van der Waals surface area contributed by atoms with Gasteiger partial charge in [-0.1, -0.05) is 12.1 Å². The summed E-state index contributed by atoms with van der Waals surface area (Å²) in [4.78, 5) is 19.8. The Morgan fingerprint density at radius 1 is 1.19 bits per heavy atom. The van der Waals surface area contributed by atoms with Crippen molar-refractivity contribution in [1.82, 2.24) is 9.97 Å². The standard InChI is InChI=1S/C12H13N3O/c1-15(2)10-5-3-9(4-6-10)11-7-12(16)14-8-13-11/h3-8H,1-2H3,(H,13,14,16). The molecular formula is C12H13N3O. The first-order valence-electron chi connectivity index (χ1n) is 4.99. The van der Waals surface area contributed by atoms with Gasteiger partial charge in [-0.25, -0.2) is 4.98 Å². The molecule has 0 bridgehead atoms. The molecule has 4 heteroatoms. The predicted molar refractivity (Wildman–Crippen MR) is 64.6 cm³/mol. The third-order valence-electron chi connectivity index (χ3n) is 2.36. The highest BCUT2D eigenvalue weighted by atomic mass is 16.1. The van der Waals surface area contributed by atoms with Gasteiger partial charge in [-0.15, -0.1) is 0 Å². The van der Waals surface area contributed by atoms with Gasteiger partial charge in [0.05, 0.1) is 12.0 Å². The molecule has 0 aliphatic carbocycles. The Hall–Kier alpha value is -2.10. The number of aromatic amines is 1. The minimum Gasteiger partial charge on any atom is -0.378 e. The maximum Gasteiger partial charge on any atom is 0.251 e. The van der Waals surface area contributed by atoms with E-state index in [2.05, 4.69) is 9.97 Å². The molecule has 4 nitrogen and oxygen atoms in total. The Morgan fingerprint density at radius 3 is 2.44 bits per heavy atom. The molecule has 16 heavy (non-hydrogen) atoms. The molecule has 2 rings (SSSR count). The molecule has 0 saturated carbocycles. The molecule has 0 amide bonds. The smallest absolute Gasteiger partial charge is 0.251 e. The van der Waals surface area contributed by atoms with Gasteiger partial charge in [0.1, 0.15) is 0 Å². The zero-order chi connectivity index (χ0) is 11.5. The average Bonchev–Trinajstić information content (AvgIpc) is 2.29. The summed E-state index contributed by atoms with van der Waals surface area (Å²) >= 11 is 0. The first-order valence-corrected chi connectivity index (χ1v) is 4.99. The van der Waals surface area contributed by atoms with Crippen LogP contribution in [0.5, 0.6) is 0 Å². The van der Waals surface area contributed by atoms with Crippen molar-refractivity contribution in [3.05, 3.63) is 47.0 Å². The fourth-order valence-corrected chi connectivity index (χ4v) is 1.46. The molecular weight excluding hydrogens is 202 g/mol. The lowest BCUT2D eigenvalue weighted by molar-refractivity contribution is 1.12. The van der Waals surface area contributed by atoms with Gasteiger partial charge in [-0.05, 0) is 12.1 Å². The van der Waals surface area contributed by atoms with E-state index in [1.807, 2.05) is 43.3 Å². The summed E-state index contributed by atoms with van der Waals surface area (Å²) in [7, 11) is 3.97. The zero-order valence-electron chi connectivity index (χ0n) is 9.27. The second kappa shape index (κ2) is 4.18. The fraction of sp³-hybridized carbons (Fsp3) is 0.167. The second-order valence-corrected chi connectivity index (χ2v) is 3.74. The summed E-state index contributed by atoms with van der Waals surface area (Å²) in [5.74, 6) is 0. The lowest BCUT2D eigenvalue weighted by Crippen LogP contribution is -2.08. The first kappa shape index (κ1) is 10.4. The van der Waals surface area contributed by atoms with Crippen molar-refractivity contribution in [2.75, 3.05) is 19.0 Å². The highest BCUT2D eigenvalue weighted by molar-refractivity contribution is 5.62. The van der Waals surface area contributed by atoms with Gasteiger partial charge in [0.15, 0.2) is 0 Å². The molecule has 1 aromatic carbocycles. The number of H-pyrrole nitrogens is 1. The number of rotatable bonds is 2. The first-order chi connectivity index (χ1) is 7.66. The van der Waals surface area contributed by atoms with Crippen LogP contribution in [-0.4, -0.2) is 24.1 Å². The number of hydrogen-bond acceptors (Lipinski definition) is 3. The van der Waals surface area contributed by atoms with Crippen LogP contribution in [0.2, 0.25) is 0 Å². The van der Waals surface area contributed by atoms with E-state index in [-0.39, 0.29) is 5.56 Å². The van der Waals surface area contributed by atoms with Crippen LogP contribution in [0, 0.1) is 0 Å². The van der Waals surface area contributed by atoms with E-state index < -0.39 is 0 Å². The third kappa shape index (κ3) is 2.11. The van der Waals surface area contributed by atoms with Crippen LogP contribution in [0.25, 0.3) is 11.3 Å². The van der Waals surface area contributed by atoms with E-state index in [9.17, 15) is 4.79 Å². The van der Waals surface area contributed by atoms with Crippen molar-refractivity contribution in [3.63, 3.8) is 0 Å². The number of aromatic nitrogens is 2. The third-order valence-corrected chi connectivity index (χ3v) is 2.36. The average molecular weight is 215 g/mol. The Bertz CT molecular complexity index is 528. The summed E-state index contributed by atoms with van der Waals surface area (Å²) in [6, 6.07) is 9.40. The van der Waals surface area contributed by atoms with Gasteiger partial charge in [0.25, 0.3) is 5.56 Å². The van der Waals surface area contributed by atoms with E-state index >= 15 is 0 Å². The predicted octanol–water partition coefficient (Wildman–Crippen LogP) is 1.50. The van der Waals surface area contributed by atoms with E-state index in [1.54, 1.807) is 0 Å². The maximum atomic E-state index is 11.1. The maximum absolute atomic E-state index is 11.1. The molecule has 0 aliphatic rings. The van der Waals surface area contributed by atoms with Crippen molar-refractivity contribution < 1.29 is 0 Å². The molecule has 0 unspecified atom stereocenters. The zero-order valence-corrected chi connectivity index (χ0v) is 9.27. The van der Waals surface area contributed by atoms with E-state index in [4.69, 9.17) is 0 Å². The fourth-order valence-electron chi connectivity index (χ4n) is 1.46. The topological polar surface area (TPSA) is 49.0 Å². The van der Waals surface area contributed by atoms with E-state index in [0.717, 1.165) is 11.3 Å². The Labute approximate surface area is 93.6 Å². The van der Waals surface area contributed by atoms with Crippen molar-refractivity contribution in [2.24, 2.45) is 0 Å². The van der Waals surface area contributed by atoms with Gasteiger partial charge >= 0.3 is 0 Å². The highest BCUT2D eigenvalue weighted by Gasteiger charge is 2.00. The lowest BCUT2D eigenvalue weighted by atomic mass is 10.1. The Morgan fingerprint density at radius 2 is 1.88 bits per heavy atom. The SMILES string of the molecule is CN(C)c1ccc(-c2cc(=O)[nH]cn2)cc1. The molecule has 1 heterocycles. The Balaban J connectivity index is 2.38. The number of nitrogens with zero attached hydrogens (tertiary/aromatic N) is 2. The van der Waals surface area contributed by atoms with E-state index in [0.29, 0.717) is 5.69 Å². The molecule has 1 aromatic heterocycles. The molecule has 1 N–H and O–H groups in total. The summed E-state index contributed by atoms with van der Waals surface area (Å²) < 4.78 is 0. The van der Waals surface area contributed by atoms with Gasteiger partial charge in [0, 0.05) is 31.4 Å². The lowest BCUT2D eigenvalue weighted by Gasteiger charge is -2.12. The highest BCUT2D eigenvalue weighted by Crippen LogP contribution is 2.19. The summed E-state index contributed by atoms with van der Waals surface area (Å²) in [5.41, 5.74) is 2.61. The van der Waals surface area contributed by atoms with Crippen LogP contribution < -0.4 is 10.5 Å².